The van der Waals surface area contributed by atoms with Gasteiger partial charge in [0.05, 0.1) is 6.04 Å². The van der Waals surface area contributed by atoms with Gasteiger partial charge in [-0.05, 0) is 42.7 Å². The fourth-order valence-corrected chi connectivity index (χ4v) is 3.50. The number of hydrogen-bond donors (Lipinski definition) is 1. The molecule has 1 heterocycles. The van der Waals surface area contributed by atoms with Crippen LogP contribution in [0, 0.1) is 11.8 Å². The van der Waals surface area contributed by atoms with E-state index in [-0.39, 0.29) is 18.0 Å². The molecule has 1 amide bonds. The van der Waals surface area contributed by atoms with Gasteiger partial charge in [-0.2, -0.15) is 5.10 Å². The number of rotatable bonds is 4. The second-order valence-electron chi connectivity index (χ2n) is 6.68. The van der Waals surface area contributed by atoms with Gasteiger partial charge >= 0.3 is 0 Å². The molecular formula is C18H24N4O. The number of aryl methyl sites for hydroxylation is 1. The number of carbonyl (C=O) groups is 1. The van der Waals surface area contributed by atoms with E-state index in [1.807, 2.05) is 6.92 Å². The van der Waals surface area contributed by atoms with Crippen molar-refractivity contribution < 1.29 is 4.79 Å². The van der Waals surface area contributed by atoms with Crippen molar-refractivity contribution in [2.45, 2.75) is 45.7 Å². The molecule has 0 saturated carbocycles. The Kier molecular flexibility index (Phi) is 4.46. The number of nitrogens with zero attached hydrogens (tertiary/aromatic N) is 3. The van der Waals surface area contributed by atoms with E-state index < -0.39 is 0 Å². The minimum atomic E-state index is -0.362. The summed E-state index contributed by atoms with van der Waals surface area (Å²) in [5, 5.41) is 7.34. The first-order valence-corrected chi connectivity index (χ1v) is 8.30. The predicted molar refractivity (Wildman–Crippen MR) is 88.7 cm³/mol. The molecule has 0 aliphatic heterocycles. The summed E-state index contributed by atoms with van der Waals surface area (Å²) in [5.41, 5.74) is 2.61. The third-order valence-electron chi connectivity index (χ3n) is 4.93. The summed E-state index contributed by atoms with van der Waals surface area (Å²) < 4.78 is 1.59. The largest absolute Gasteiger partial charge is 0.347 e. The lowest BCUT2D eigenvalue weighted by molar-refractivity contribution is -0.125. The normalized spacial score (nSPS) is 21.7. The topological polar surface area (TPSA) is 59.8 Å². The molecule has 1 aromatic heterocycles. The zero-order valence-electron chi connectivity index (χ0n) is 13.9. The van der Waals surface area contributed by atoms with Gasteiger partial charge in [0.15, 0.2) is 0 Å². The van der Waals surface area contributed by atoms with Crippen molar-refractivity contribution in [1.82, 2.24) is 20.1 Å². The van der Waals surface area contributed by atoms with Crippen LogP contribution in [0.25, 0.3) is 0 Å². The minimum absolute atomic E-state index is 0.0112. The third kappa shape index (κ3) is 3.14. The summed E-state index contributed by atoms with van der Waals surface area (Å²) in [5.74, 6) is 0.968. The maximum Gasteiger partial charge on any atom is 0.245 e. The number of fused-ring (bicyclic) bond motifs is 1. The second-order valence-corrected chi connectivity index (χ2v) is 6.68. The molecule has 0 spiro atoms. The zero-order chi connectivity index (χ0) is 16.4. The Morgan fingerprint density at radius 2 is 2.09 bits per heavy atom. The summed E-state index contributed by atoms with van der Waals surface area (Å²) >= 11 is 0. The smallest absolute Gasteiger partial charge is 0.245 e. The maximum atomic E-state index is 12.7. The molecule has 5 nitrogen and oxygen atoms in total. The quantitative estimate of drug-likeness (QED) is 0.944. The Bertz CT molecular complexity index is 665. The van der Waals surface area contributed by atoms with Crippen LogP contribution >= 0.6 is 0 Å². The fourth-order valence-electron chi connectivity index (χ4n) is 3.50. The third-order valence-corrected chi connectivity index (χ3v) is 4.93. The van der Waals surface area contributed by atoms with E-state index in [0.29, 0.717) is 11.8 Å². The van der Waals surface area contributed by atoms with Gasteiger partial charge in [0.2, 0.25) is 5.91 Å². The van der Waals surface area contributed by atoms with Gasteiger partial charge in [0, 0.05) is 0 Å². The van der Waals surface area contributed by atoms with E-state index in [0.717, 1.165) is 12.8 Å². The maximum absolute atomic E-state index is 12.7. The van der Waals surface area contributed by atoms with Crippen LogP contribution in [0.2, 0.25) is 0 Å². The first-order valence-electron chi connectivity index (χ1n) is 8.30. The molecule has 0 fully saturated rings. The molecule has 23 heavy (non-hydrogen) atoms. The zero-order valence-corrected chi connectivity index (χ0v) is 13.9. The van der Waals surface area contributed by atoms with Crippen molar-refractivity contribution in [2.24, 2.45) is 11.8 Å². The van der Waals surface area contributed by atoms with E-state index in [9.17, 15) is 4.79 Å². The van der Waals surface area contributed by atoms with Gasteiger partial charge in [-0.3, -0.25) is 4.79 Å². The van der Waals surface area contributed by atoms with Crippen LogP contribution in [0.4, 0.5) is 0 Å². The Labute approximate surface area is 137 Å². The molecule has 122 valence electrons. The van der Waals surface area contributed by atoms with E-state index in [2.05, 4.69) is 53.5 Å². The van der Waals surface area contributed by atoms with Crippen molar-refractivity contribution in [3.63, 3.8) is 0 Å². The number of amides is 1. The van der Waals surface area contributed by atoms with Gasteiger partial charge < -0.3 is 5.32 Å². The summed E-state index contributed by atoms with van der Waals surface area (Å²) in [6.07, 6.45) is 5.23. The minimum Gasteiger partial charge on any atom is -0.347 e. The van der Waals surface area contributed by atoms with E-state index in [1.165, 1.54) is 17.5 Å². The Hall–Kier alpha value is -2.17. The van der Waals surface area contributed by atoms with Crippen LogP contribution in [0.3, 0.4) is 0 Å². The lowest BCUT2D eigenvalue weighted by atomic mass is 9.74. The van der Waals surface area contributed by atoms with Crippen molar-refractivity contribution in [1.29, 1.82) is 0 Å². The first kappa shape index (κ1) is 15.7. The highest BCUT2D eigenvalue weighted by Gasteiger charge is 2.33. The molecule has 0 radical (unpaired) electrons. The molecule has 3 rings (SSSR count). The molecule has 0 bridgehead atoms. The summed E-state index contributed by atoms with van der Waals surface area (Å²) in [6, 6.07) is 8.16. The number of benzene rings is 1. The van der Waals surface area contributed by atoms with E-state index in [4.69, 9.17) is 0 Å². The molecule has 2 aromatic rings. The van der Waals surface area contributed by atoms with Gasteiger partial charge in [-0.15, -0.1) is 0 Å². The van der Waals surface area contributed by atoms with Crippen LogP contribution in [-0.2, 0) is 11.2 Å². The first-order chi connectivity index (χ1) is 11.1. The summed E-state index contributed by atoms with van der Waals surface area (Å²) in [4.78, 5) is 16.6. The highest BCUT2D eigenvalue weighted by Crippen LogP contribution is 2.38. The fraction of sp³-hybridized carbons (Fsp3) is 0.500. The van der Waals surface area contributed by atoms with Crippen molar-refractivity contribution in [2.75, 3.05) is 0 Å². The highest BCUT2D eigenvalue weighted by atomic mass is 16.2. The van der Waals surface area contributed by atoms with Crippen molar-refractivity contribution in [3.8, 4) is 0 Å². The number of nitrogens with one attached hydrogen (secondary N) is 1. The monoisotopic (exact) mass is 312 g/mol. The van der Waals surface area contributed by atoms with Gasteiger partial charge in [0.25, 0.3) is 0 Å². The van der Waals surface area contributed by atoms with Crippen molar-refractivity contribution >= 4 is 5.91 Å². The number of aromatic nitrogens is 3. The van der Waals surface area contributed by atoms with Crippen LogP contribution < -0.4 is 5.32 Å². The Morgan fingerprint density at radius 3 is 2.78 bits per heavy atom. The summed E-state index contributed by atoms with van der Waals surface area (Å²) in [7, 11) is 0. The lowest BCUT2D eigenvalue weighted by Gasteiger charge is -2.37. The van der Waals surface area contributed by atoms with Crippen LogP contribution in [-0.4, -0.2) is 20.7 Å². The van der Waals surface area contributed by atoms with Crippen LogP contribution in [0.1, 0.15) is 50.4 Å². The molecule has 1 N–H and O–H groups in total. The number of hydrogen-bond acceptors (Lipinski definition) is 3. The highest BCUT2D eigenvalue weighted by molar-refractivity contribution is 5.80. The number of carbonyl (C=O) groups excluding carboxylic acids is 1. The second kappa shape index (κ2) is 6.52. The molecule has 5 heteroatoms. The average molecular weight is 312 g/mol. The van der Waals surface area contributed by atoms with Gasteiger partial charge in [-0.1, -0.05) is 38.1 Å². The standard InChI is InChI=1S/C18H24N4O/c1-12(2)15-9-8-14-6-4-5-7-16(14)17(15)21-18(23)13(3)22-11-19-10-20-22/h4-7,10-13,15,17H,8-9H2,1-3H3,(H,21,23)/t13-,15+,17+/m1/s1. The molecule has 1 aromatic carbocycles. The molecular weight excluding hydrogens is 288 g/mol. The molecule has 0 saturated heterocycles. The van der Waals surface area contributed by atoms with Crippen LogP contribution in [0.15, 0.2) is 36.9 Å². The molecule has 1 aliphatic carbocycles. The SMILES string of the molecule is CC(C)[C@@H]1CCc2ccccc2[C@H]1NC(=O)[C@@H](C)n1cncn1. The molecule has 3 atom stereocenters. The van der Waals surface area contributed by atoms with E-state index in [1.54, 1.807) is 11.0 Å². The Balaban J connectivity index is 1.84. The average Bonchev–Trinajstić information content (AvgIpc) is 3.08. The Morgan fingerprint density at radius 1 is 1.30 bits per heavy atom. The van der Waals surface area contributed by atoms with Crippen LogP contribution in [0.5, 0.6) is 0 Å². The predicted octanol–water partition coefficient (Wildman–Crippen LogP) is 2.92. The lowest BCUT2D eigenvalue weighted by Crippen LogP contribution is -2.41. The van der Waals surface area contributed by atoms with Gasteiger partial charge in [0.1, 0.15) is 18.7 Å². The summed E-state index contributed by atoms with van der Waals surface area (Å²) in [6.45, 7) is 6.32. The van der Waals surface area contributed by atoms with Gasteiger partial charge in [-0.25, -0.2) is 9.67 Å². The molecule has 1 aliphatic rings. The van der Waals surface area contributed by atoms with Crippen molar-refractivity contribution in [3.05, 3.63) is 48.0 Å². The van der Waals surface area contributed by atoms with E-state index >= 15 is 0 Å². The molecule has 0 unspecified atom stereocenters.